The minimum atomic E-state index is -1.46. The van der Waals surface area contributed by atoms with Crippen LogP contribution >= 0.6 is 0 Å². The Morgan fingerprint density at radius 2 is 2.16 bits per heavy atom. The highest BCUT2D eigenvalue weighted by molar-refractivity contribution is 5.65. The molecule has 2 rings (SSSR count). The van der Waals surface area contributed by atoms with E-state index in [1.165, 1.54) is 21.0 Å². The first-order valence-electron chi connectivity index (χ1n) is 5.86. The van der Waals surface area contributed by atoms with E-state index >= 15 is 0 Å². The van der Waals surface area contributed by atoms with E-state index in [1.54, 1.807) is 18.2 Å². The highest BCUT2D eigenvalue weighted by atomic mass is 19.1. The van der Waals surface area contributed by atoms with E-state index < -0.39 is 5.67 Å². The molecule has 0 saturated carbocycles. The molecule has 1 aromatic heterocycles. The van der Waals surface area contributed by atoms with Crippen molar-refractivity contribution in [3.63, 3.8) is 0 Å². The Labute approximate surface area is 110 Å². The van der Waals surface area contributed by atoms with Gasteiger partial charge in [-0.3, -0.25) is 0 Å². The van der Waals surface area contributed by atoms with Gasteiger partial charge in [-0.25, -0.2) is 4.39 Å². The Balaban J connectivity index is 2.53. The summed E-state index contributed by atoms with van der Waals surface area (Å²) in [5, 5.41) is 3.82. The normalized spacial score (nSPS) is 11.6. The first kappa shape index (κ1) is 13.5. The van der Waals surface area contributed by atoms with Crippen LogP contribution in [0.3, 0.4) is 0 Å². The van der Waals surface area contributed by atoms with E-state index in [-0.39, 0.29) is 6.54 Å². The largest absolute Gasteiger partial charge is 0.496 e. The molecule has 6 heteroatoms. The van der Waals surface area contributed by atoms with Gasteiger partial charge in [-0.15, -0.1) is 0 Å². The molecule has 0 amide bonds. The second-order valence-corrected chi connectivity index (χ2v) is 4.60. The van der Waals surface area contributed by atoms with Crippen LogP contribution in [0, 0.1) is 0 Å². The topological polar surface area (TPSA) is 74.2 Å². The highest BCUT2D eigenvalue weighted by Gasteiger charge is 2.22. The number of nitrogens with zero attached hydrogens (tertiary/aromatic N) is 2. The van der Waals surface area contributed by atoms with Crippen LogP contribution in [0.5, 0.6) is 5.75 Å². The van der Waals surface area contributed by atoms with Crippen molar-refractivity contribution in [1.29, 1.82) is 0 Å². The summed E-state index contributed by atoms with van der Waals surface area (Å²) in [5.41, 5.74) is 5.06. The van der Waals surface area contributed by atoms with Gasteiger partial charge in [0.25, 0.3) is 0 Å². The molecule has 0 aliphatic heterocycles. The smallest absolute Gasteiger partial charge is 0.240 e. The van der Waals surface area contributed by atoms with E-state index in [2.05, 4.69) is 10.1 Å². The molecule has 0 aliphatic rings. The Hall–Kier alpha value is -1.95. The number of methoxy groups -OCH3 is 1. The number of hydrogen-bond donors (Lipinski definition) is 1. The van der Waals surface area contributed by atoms with Gasteiger partial charge in [0.05, 0.1) is 19.2 Å². The lowest BCUT2D eigenvalue weighted by atomic mass is 9.97. The number of ether oxygens (including phenoxy) is 1. The second-order valence-electron chi connectivity index (χ2n) is 4.60. The first-order valence-corrected chi connectivity index (χ1v) is 5.86. The number of nitrogens with two attached hydrogens (primary N) is 1. The van der Waals surface area contributed by atoms with Crippen molar-refractivity contribution in [2.75, 3.05) is 7.11 Å². The monoisotopic (exact) mass is 265 g/mol. The number of alkyl halides is 1. The first-order chi connectivity index (χ1) is 8.95. The summed E-state index contributed by atoms with van der Waals surface area (Å²) in [6.07, 6.45) is 0. The molecule has 2 N–H and O–H groups in total. The fourth-order valence-corrected chi connectivity index (χ4v) is 1.70. The van der Waals surface area contributed by atoms with Crippen LogP contribution in [0.25, 0.3) is 11.4 Å². The van der Waals surface area contributed by atoms with Gasteiger partial charge in [-0.2, -0.15) is 4.98 Å². The molecule has 0 bridgehead atoms. The Morgan fingerprint density at radius 1 is 1.42 bits per heavy atom. The minimum Gasteiger partial charge on any atom is -0.496 e. The standard InChI is InChI=1S/C13H16FN3O2/c1-13(2,14)8-4-5-10(18-3)9(6-8)12-16-11(7-15)19-17-12/h4-6H,7,15H2,1-3H3. The summed E-state index contributed by atoms with van der Waals surface area (Å²) in [6, 6.07) is 5.01. The molecular formula is C13H16FN3O2. The van der Waals surface area contributed by atoms with Crippen molar-refractivity contribution in [2.24, 2.45) is 5.73 Å². The van der Waals surface area contributed by atoms with Crippen LogP contribution in [0.4, 0.5) is 4.39 Å². The van der Waals surface area contributed by atoms with Crippen molar-refractivity contribution >= 4 is 0 Å². The molecule has 102 valence electrons. The zero-order chi connectivity index (χ0) is 14.0. The molecule has 19 heavy (non-hydrogen) atoms. The van der Waals surface area contributed by atoms with E-state index in [0.717, 1.165) is 0 Å². The molecule has 5 nitrogen and oxygen atoms in total. The van der Waals surface area contributed by atoms with Gasteiger partial charge >= 0.3 is 0 Å². The molecule has 0 fully saturated rings. The van der Waals surface area contributed by atoms with Crippen LogP contribution in [0.15, 0.2) is 22.7 Å². The summed E-state index contributed by atoms with van der Waals surface area (Å²) < 4.78 is 24.2. The Kier molecular flexibility index (Phi) is 3.53. The average molecular weight is 265 g/mol. The third-order valence-electron chi connectivity index (χ3n) is 2.77. The lowest BCUT2D eigenvalue weighted by molar-refractivity contribution is 0.221. The fourth-order valence-electron chi connectivity index (χ4n) is 1.70. The summed E-state index contributed by atoms with van der Waals surface area (Å²) in [4.78, 5) is 4.13. The lowest BCUT2D eigenvalue weighted by Crippen LogP contribution is -2.09. The van der Waals surface area contributed by atoms with Gasteiger partial charge in [-0.05, 0) is 31.5 Å². The van der Waals surface area contributed by atoms with Crippen molar-refractivity contribution < 1.29 is 13.7 Å². The predicted molar refractivity (Wildman–Crippen MR) is 68.3 cm³/mol. The van der Waals surface area contributed by atoms with E-state index in [1.807, 2.05) is 0 Å². The molecule has 0 aliphatic carbocycles. The van der Waals surface area contributed by atoms with E-state index in [0.29, 0.717) is 28.6 Å². The molecule has 0 unspecified atom stereocenters. The number of aromatic nitrogens is 2. The predicted octanol–water partition coefficient (Wildman–Crippen LogP) is 2.41. The van der Waals surface area contributed by atoms with Crippen LogP contribution in [-0.4, -0.2) is 17.3 Å². The zero-order valence-corrected chi connectivity index (χ0v) is 11.1. The molecule has 0 atom stereocenters. The van der Waals surface area contributed by atoms with Crippen molar-refractivity contribution in [3.05, 3.63) is 29.7 Å². The number of hydrogen-bond acceptors (Lipinski definition) is 5. The maximum atomic E-state index is 14.0. The Bertz CT molecular complexity index is 576. The second kappa shape index (κ2) is 4.97. The molecule has 2 aromatic rings. The summed E-state index contributed by atoms with van der Waals surface area (Å²) >= 11 is 0. The van der Waals surface area contributed by atoms with Gasteiger partial charge in [0.15, 0.2) is 0 Å². The van der Waals surface area contributed by atoms with Crippen LogP contribution in [-0.2, 0) is 12.2 Å². The number of benzene rings is 1. The maximum absolute atomic E-state index is 14.0. The van der Waals surface area contributed by atoms with Gasteiger partial charge in [0.1, 0.15) is 11.4 Å². The molecule has 0 saturated heterocycles. The lowest BCUT2D eigenvalue weighted by Gasteiger charge is -2.16. The van der Waals surface area contributed by atoms with Crippen molar-refractivity contribution in [1.82, 2.24) is 10.1 Å². The number of rotatable bonds is 4. The zero-order valence-electron chi connectivity index (χ0n) is 11.1. The van der Waals surface area contributed by atoms with Crippen LogP contribution < -0.4 is 10.5 Å². The SMILES string of the molecule is COc1ccc(C(C)(C)F)cc1-c1noc(CN)n1. The van der Waals surface area contributed by atoms with Crippen LogP contribution in [0.1, 0.15) is 25.3 Å². The molecular weight excluding hydrogens is 249 g/mol. The van der Waals surface area contributed by atoms with Gasteiger partial charge in [0.2, 0.25) is 11.7 Å². The quantitative estimate of drug-likeness (QED) is 0.918. The van der Waals surface area contributed by atoms with E-state index in [9.17, 15) is 4.39 Å². The summed E-state index contributed by atoms with van der Waals surface area (Å²) in [6.45, 7) is 3.13. The maximum Gasteiger partial charge on any atom is 0.240 e. The van der Waals surface area contributed by atoms with Crippen LogP contribution in [0.2, 0.25) is 0 Å². The fraction of sp³-hybridized carbons (Fsp3) is 0.385. The summed E-state index contributed by atoms with van der Waals surface area (Å²) in [5.74, 6) is 1.21. The average Bonchev–Trinajstić information content (AvgIpc) is 2.85. The molecule has 1 aromatic carbocycles. The highest BCUT2D eigenvalue weighted by Crippen LogP contribution is 2.34. The van der Waals surface area contributed by atoms with Gasteiger partial charge in [-0.1, -0.05) is 11.2 Å². The minimum absolute atomic E-state index is 0.156. The van der Waals surface area contributed by atoms with Crippen molar-refractivity contribution in [3.8, 4) is 17.1 Å². The van der Waals surface area contributed by atoms with Gasteiger partial charge < -0.3 is 15.0 Å². The Morgan fingerprint density at radius 3 is 2.68 bits per heavy atom. The van der Waals surface area contributed by atoms with Crippen molar-refractivity contribution in [2.45, 2.75) is 26.1 Å². The van der Waals surface area contributed by atoms with E-state index in [4.69, 9.17) is 15.0 Å². The number of halogens is 1. The third-order valence-corrected chi connectivity index (χ3v) is 2.77. The van der Waals surface area contributed by atoms with Gasteiger partial charge in [0, 0.05) is 0 Å². The third kappa shape index (κ3) is 2.73. The summed E-state index contributed by atoms with van der Waals surface area (Å²) in [7, 11) is 1.53. The molecule has 1 heterocycles. The molecule has 0 spiro atoms. The molecule has 0 radical (unpaired) electrons.